The van der Waals surface area contributed by atoms with Gasteiger partial charge in [0.25, 0.3) is 0 Å². The molecule has 1 heterocycles. The van der Waals surface area contributed by atoms with Gasteiger partial charge in [-0.05, 0) is 25.3 Å². The van der Waals surface area contributed by atoms with E-state index in [0.717, 1.165) is 31.8 Å². The molecule has 1 aromatic rings. The Bertz CT molecular complexity index is 259. The molecule has 92 valence electrons. The predicted octanol–water partition coefficient (Wildman–Crippen LogP) is 2.52. The van der Waals surface area contributed by atoms with Gasteiger partial charge in [0.2, 0.25) is 0 Å². The fraction of sp³-hybridized carbons (Fsp3) is 0.750. The van der Waals surface area contributed by atoms with Gasteiger partial charge in [-0.2, -0.15) is 0 Å². The number of hydrogen-bond acceptors (Lipinski definition) is 2. The van der Waals surface area contributed by atoms with Crippen LogP contribution in [-0.2, 0) is 6.54 Å². The maximum absolute atomic E-state index is 5.78. The molecule has 1 N–H and O–H groups in total. The molecule has 0 saturated carbocycles. The van der Waals surface area contributed by atoms with Gasteiger partial charge in [0.15, 0.2) is 0 Å². The molecule has 1 rings (SSSR count). The summed E-state index contributed by atoms with van der Waals surface area (Å²) in [5.74, 6) is 1.38. The van der Waals surface area contributed by atoms with Crippen molar-refractivity contribution in [1.29, 1.82) is 0 Å². The van der Waals surface area contributed by atoms with E-state index in [9.17, 15) is 0 Å². The van der Waals surface area contributed by atoms with Crippen LogP contribution in [0, 0.1) is 5.92 Å². The van der Waals surface area contributed by atoms with E-state index in [-0.39, 0.29) is 0 Å². The van der Waals surface area contributed by atoms with Crippen LogP contribution in [0.3, 0.4) is 0 Å². The normalized spacial score (nSPS) is 13.2. The molecule has 0 bridgehead atoms. The van der Waals surface area contributed by atoms with Crippen molar-refractivity contribution in [3.05, 3.63) is 18.7 Å². The van der Waals surface area contributed by atoms with Crippen LogP contribution in [0.1, 0.15) is 26.7 Å². The molecule has 3 nitrogen and oxygen atoms in total. The van der Waals surface area contributed by atoms with Crippen molar-refractivity contribution in [3.8, 4) is 0 Å². The molecule has 0 aromatic carbocycles. The number of hydrogen-bond donors (Lipinski definition) is 1. The highest BCUT2D eigenvalue weighted by molar-refractivity contribution is 6.17. The summed E-state index contributed by atoms with van der Waals surface area (Å²) in [7, 11) is 0. The Morgan fingerprint density at radius 3 is 2.81 bits per heavy atom. The molecule has 0 radical (unpaired) electrons. The summed E-state index contributed by atoms with van der Waals surface area (Å²) in [5.41, 5.74) is 0. The number of aryl methyl sites for hydroxylation is 1. The van der Waals surface area contributed by atoms with Crippen molar-refractivity contribution in [2.24, 2.45) is 5.92 Å². The molecule has 0 amide bonds. The van der Waals surface area contributed by atoms with Crippen LogP contribution in [0.25, 0.3) is 0 Å². The Hall–Kier alpha value is -0.540. The van der Waals surface area contributed by atoms with Crippen molar-refractivity contribution in [1.82, 2.24) is 14.9 Å². The van der Waals surface area contributed by atoms with Gasteiger partial charge in [-0.25, -0.2) is 4.98 Å². The molecule has 1 aromatic heterocycles. The molecular formula is C12H22ClN3. The highest BCUT2D eigenvalue weighted by Crippen LogP contribution is 2.07. The van der Waals surface area contributed by atoms with E-state index in [4.69, 9.17) is 11.6 Å². The zero-order valence-electron chi connectivity index (χ0n) is 10.2. The highest BCUT2D eigenvalue weighted by atomic mass is 35.5. The Morgan fingerprint density at radius 2 is 2.25 bits per heavy atom. The van der Waals surface area contributed by atoms with Gasteiger partial charge in [-0.3, -0.25) is 0 Å². The highest BCUT2D eigenvalue weighted by Gasteiger charge is 2.10. The Balaban J connectivity index is 2.13. The van der Waals surface area contributed by atoms with Crippen molar-refractivity contribution < 1.29 is 0 Å². The summed E-state index contributed by atoms with van der Waals surface area (Å²) < 4.78 is 2.10. The lowest BCUT2D eigenvalue weighted by Gasteiger charge is -2.21. The predicted molar refractivity (Wildman–Crippen MR) is 68.8 cm³/mol. The lowest BCUT2D eigenvalue weighted by Crippen LogP contribution is -2.35. The second kappa shape index (κ2) is 7.69. The third-order valence-corrected chi connectivity index (χ3v) is 3.00. The van der Waals surface area contributed by atoms with Crippen molar-refractivity contribution in [2.45, 2.75) is 39.3 Å². The second-order valence-electron chi connectivity index (χ2n) is 4.44. The minimum atomic E-state index is 0.542. The van der Waals surface area contributed by atoms with Gasteiger partial charge in [-0.15, -0.1) is 11.6 Å². The van der Waals surface area contributed by atoms with Gasteiger partial charge in [0.05, 0.1) is 6.33 Å². The van der Waals surface area contributed by atoms with Gasteiger partial charge in [0.1, 0.15) is 0 Å². The van der Waals surface area contributed by atoms with Crippen molar-refractivity contribution >= 4 is 11.6 Å². The topological polar surface area (TPSA) is 29.9 Å². The van der Waals surface area contributed by atoms with Crippen LogP contribution in [0.15, 0.2) is 18.7 Å². The number of halogens is 1. The van der Waals surface area contributed by atoms with E-state index >= 15 is 0 Å². The molecule has 16 heavy (non-hydrogen) atoms. The Kier molecular flexibility index (Phi) is 6.50. The average Bonchev–Trinajstić information content (AvgIpc) is 2.75. The summed E-state index contributed by atoms with van der Waals surface area (Å²) in [6.07, 6.45) is 7.85. The lowest BCUT2D eigenvalue weighted by atomic mass is 10.0. The summed E-state index contributed by atoms with van der Waals surface area (Å²) in [6.45, 7) is 6.54. The first-order chi connectivity index (χ1) is 7.74. The first-order valence-corrected chi connectivity index (χ1v) is 6.52. The fourth-order valence-electron chi connectivity index (χ4n) is 1.76. The number of nitrogens with one attached hydrogen (secondary N) is 1. The lowest BCUT2D eigenvalue weighted by molar-refractivity contribution is 0.383. The fourth-order valence-corrected chi connectivity index (χ4v) is 1.99. The van der Waals surface area contributed by atoms with E-state index in [1.807, 2.05) is 18.7 Å². The van der Waals surface area contributed by atoms with E-state index in [0.29, 0.717) is 12.0 Å². The zero-order chi connectivity index (χ0) is 11.8. The molecule has 0 aliphatic carbocycles. The van der Waals surface area contributed by atoms with Crippen molar-refractivity contribution in [3.63, 3.8) is 0 Å². The van der Waals surface area contributed by atoms with Gasteiger partial charge >= 0.3 is 0 Å². The molecule has 1 atom stereocenters. The minimum absolute atomic E-state index is 0.542. The molecule has 0 aliphatic heterocycles. The Morgan fingerprint density at radius 1 is 1.44 bits per heavy atom. The van der Waals surface area contributed by atoms with E-state index in [1.54, 1.807) is 0 Å². The van der Waals surface area contributed by atoms with Crippen LogP contribution in [0.4, 0.5) is 0 Å². The first-order valence-electron chi connectivity index (χ1n) is 5.99. The standard InChI is InChI=1S/C12H22ClN3/c1-11(2)12(4-5-13)15-6-3-8-16-9-7-14-10-16/h7,9-12,15H,3-6,8H2,1-2H3. The van der Waals surface area contributed by atoms with Crippen LogP contribution >= 0.6 is 11.6 Å². The molecular weight excluding hydrogens is 222 g/mol. The number of aromatic nitrogens is 2. The molecule has 0 aliphatic rings. The van der Waals surface area contributed by atoms with E-state index in [2.05, 4.69) is 28.7 Å². The smallest absolute Gasteiger partial charge is 0.0945 e. The number of imidazole rings is 1. The van der Waals surface area contributed by atoms with Crippen LogP contribution in [-0.4, -0.2) is 28.0 Å². The summed E-state index contributed by atoms with van der Waals surface area (Å²) in [5, 5.41) is 3.56. The number of alkyl halides is 1. The molecule has 0 spiro atoms. The van der Waals surface area contributed by atoms with E-state index < -0.39 is 0 Å². The maximum atomic E-state index is 5.78. The third kappa shape index (κ3) is 4.99. The summed E-state index contributed by atoms with van der Waals surface area (Å²) in [6, 6.07) is 0.542. The zero-order valence-corrected chi connectivity index (χ0v) is 11.0. The van der Waals surface area contributed by atoms with E-state index in [1.165, 1.54) is 0 Å². The summed E-state index contributed by atoms with van der Waals surface area (Å²) in [4.78, 5) is 4.02. The summed E-state index contributed by atoms with van der Waals surface area (Å²) >= 11 is 5.78. The first kappa shape index (κ1) is 13.5. The quantitative estimate of drug-likeness (QED) is 0.562. The van der Waals surface area contributed by atoms with Gasteiger partial charge in [0, 0.05) is 30.9 Å². The van der Waals surface area contributed by atoms with Gasteiger partial charge in [-0.1, -0.05) is 13.8 Å². The third-order valence-electron chi connectivity index (χ3n) is 2.78. The molecule has 1 unspecified atom stereocenters. The van der Waals surface area contributed by atoms with Crippen LogP contribution in [0.2, 0.25) is 0 Å². The van der Waals surface area contributed by atoms with Crippen molar-refractivity contribution in [2.75, 3.05) is 12.4 Å². The SMILES string of the molecule is CC(C)C(CCCl)NCCCn1ccnc1. The maximum Gasteiger partial charge on any atom is 0.0945 e. The van der Waals surface area contributed by atoms with Crippen LogP contribution < -0.4 is 5.32 Å². The monoisotopic (exact) mass is 243 g/mol. The van der Waals surface area contributed by atoms with Gasteiger partial charge < -0.3 is 9.88 Å². The number of nitrogens with zero attached hydrogens (tertiary/aromatic N) is 2. The Labute approximate surface area is 103 Å². The largest absolute Gasteiger partial charge is 0.337 e. The number of rotatable bonds is 8. The second-order valence-corrected chi connectivity index (χ2v) is 4.81. The molecule has 4 heteroatoms. The molecule has 0 saturated heterocycles. The average molecular weight is 244 g/mol. The van der Waals surface area contributed by atoms with Crippen LogP contribution in [0.5, 0.6) is 0 Å². The minimum Gasteiger partial charge on any atom is -0.337 e. The molecule has 0 fully saturated rings.